The molecule has 0 aliphatic carbocycles. The number of benzene rings is 1. The molecule has 0 amide bonds. The van der Waals surface area contributed by atoms with Crippen molar-refractivity contribution < 1.29 is 9.57 Å². The lowest BCUT2D eigenvalue weighted by Crippen LogP contribution is -2.43. The fourth-order valence-electron chi connectivity index (χ4n) is 3.38. The lowest BCUT2D eigenvalue weighted by Gasteiger charge is -2.40. The molecule has 6 heteroatoms. The first-order valence-corrected chi connectivity index (χ1v) is 8.25. The van der Waals surface area contributed by atoms with Crippen LogP contribution in [-0.4, -0.2) is 29.4 Å². The summed E-state index contributed by atoms with van der Waals surface area (Å²) in [5.74, 6) is 0.630. The Morgan fingerprint density at radius 3 is 2.62 bits per heavy atom. The highest BCUT2D eigenvalue weighted by molar-refractivity contribution is 5.79. The third kappa shape index (κ3) is 2.67. The number of aromatic nitrogens is 1. The van der Waals surface area contributed by atoms with Crippen molar-refractivity contribution in [3.05, 3.63) is 69.3 Å². The molecule has 1 aromatic carbocycles. The Labute approximate surface area is 152 Å². The first-order chi connectivity index (χ1) is 12.3. The van der Waals surface area contributed by atoms with Gasteiger partial charge in [-0.2, -0.15) is 5.26 Å². The smallest absolute Gasteiger partial charge is 0.255 e. The van der Waals surface area contributed by atoms with Crippen molar-refractivity contribution in [1.29, 1.82) is 5.26 Å². The molecule has 0 saturated heterocycles. The molecule has 6 nitrogen and oxygen atoms in total. The van der Waals surface area contributed by atoms with Gasteiger partial charge < -0.3 is 4.74 Å². The van der Waals surface area contributed by atoms with Crippen molar-refractivity contribution in [2.45, 2.75) is 26.4 Å². The monoisotopic (exact) mass is 351 g/mol. The molecule has 2 aromatic rings. The number of hydrogen-bond donors (Lipinski definition) is 0. The first-order valence-electron chi connectivity index (χ1n) is 8.25. The Morgan fingerprint density at radius 2 is 2.00 bits per heavy atom. The average Bonchev–Trinajstić information content (AvgIpc) is 2.60. The number of fused-ring (bicyclic) bond motifs is 1. The minimum absolute atomic E-state index is 0.171. The summed E-state index contributed by atoms with van der Waals surface area (Å²) in [7, 11) is 3.32. The Kier molecular flexibility index (Phi) is 4.34. The van der Waals surface area contributed by atoms with Gasteiger partial charge in [-0.15, -0.1) is 0 Å². The van der Waals surface area contributed by atoms with Gasteiger partial charge in [-0.25, -0.2) is 0 Å². The third-order valence-corrected chi connectivity index (χ3v) is 4.60. The van der Waals surface area contributed by atoms with Crippen molar-refractivity contribution >= 4 is 5.70 Å². The van der Waals surface area contributed by atoms with E-state index in [0.717, 1.165) is 11.1 Å². The molecule has 134 valence electrons. The molecule has 0 saturated carbocycles. The Bertz CT molecular complexity index is 996. The number of pyridine rings is 1. The van der Waals surface area contributed by atoms with Crippen molar-refractivity contribution in [1.82, 2.24) is 9.63 Å². The molecule has 1 aliphatic heterocycles. The predicted octanol–water partition coefficient (Wildman–Crippen LogP) is 2.91. The van der Waals surface area contributed by atoms with Gasteiger partial charge in [-0.3, -0.25) is 19.3 Å². The SMILES string of the molecule is CON(C)C1=C(n2ccccc2=O)c2c(ccc(C#N)c2C)OC1(C)C. The fourth-order valence-corrected chi connectivity index (χ4v) is 3.38. The van der Waals surface area contributed by atoms with E-state index in [-0.39, 0.29) is 5.56 Å². The highest BCUT2D eigenvalue weighted by Gasteiger charge is 2.40. The molecule has 0 N–H and O–H groups in total. The van der Waals surface area contributed by atoms with Gasteiger partial charge in [0.25, 0.3) is 5.56 Å². The minimum atomic E-state index is -0.747. The van der Waals surface area contributed by atoms with Crippen LogP contribution in [0.15, 0.2) is 47.0 Å². The van der Waals surface area contributed by atoms with Crippen molar-refractivity contribution in [3.63, 3.8) is 0 Å². The van der Waals surface area contributed by atoms with E-state index in [1.807, 2.05) is 20.8 Å². The fraction of sp³-hybridized carbons (Fsp3) is 0.300. The molecular weight excluding hydrogens is 330 g/mol. The van der Waals surface area contributed by atoms with E-state index in [1.165, 1.54) is 6.07 Å². The molecule has 0 radical (unpaired) electrons. The first kappa shape index (κ1) is 17.8. The van der Waals surface area contributed by atoms with Gasteiger partial charge in [0, 0.05) is 24.9 Å². The summed E-state index contributed by atoms with van der Waals surface area (Å²) in [5, 5.41) is 11.0. The summed E-state index contributed by atoms with van der Waals surface area (Å²) < 4.78 is 7.79. The number of nitrogens with zero attached hydrogens (tertiary/aromatic N) is 3. The summed E-state index contributed by atoms with van der Waals surface area (Å²) in [4.78, 5) is 18.1. The number of hydroxylamine groups is 2. The molecule has 0 bridgehead atoms. The van der Waals surface area contributed by atoms with Crippen LogP contribution in [0.3, 0.4) is 0 Å². The maximum atomic E-state index is 12.6. The second-order valence-electron chi connectivity index (χ2n) is 6.62. The van der Waals surface area contributed by atoms with Crippen LogP contribution in [0.25, 0.3) is 5.70 Å². The maximum absolute atomic E-state index is 12.6. The zero-order chi connectivity index (χ0) is 19.1. The summed E-state index contributed by atoms with van der Waals surface area (Å²) >= 11 is 0. The Balaban J connectivity index is 2.50. The van der Waals surface area contributed by atoms with E-state index in [4.69, 9.17) is 9.57 Å². The van der Waals surface area contributed by atoms with E-state index in [0.29, 0.717) is 22.7 Å². The zero-order valence-corrected chi connectivity index (χ0v) is 15.5. The molecule has 1 aromatic heterocycles. The van der Waals surface area contributed by atoms with E-state index in [9.17, 15) is 10.1 Å². The number of rotatable bonds is 3. The van der Waals surface area contributed by atoms with Crippen molar-refractivity contribution in [2.24, 2.45) is 0 Å². The van der Waals surface area contributed by atoms with Crippen LogP contribution in [0.1, 0.15) is 30.5 Å². The van der Waals surface area contributed by atoms with Gasteiger partial charge in [-0.1, -0.05) is 6.07 Å². The van der Waals surface area contributed by atoms with Crippen LogP contribution < -0.4 is 10.3 Å². The van der Waals surface area contributed by atoms with E-state index < -0.39 is 5.60 Å². The van der Waals surface area contributed by atoms with Crippen LogP contribution in [0.5, 0.6) is 5.75 Å². The second kappa shape index (κ2) is 6.36. The molecule has 0 spiro atoms. The molecule has 1 aliphatic rings. The maximum Gasteiger partial charge on any atom is 0.255 e. The van der Waals surface area contributed by atoms with Gasteiger partial charge in [0.1, 0.15) is 17.0 Å². The molecule has 3 rings (SSSR count). The number of likely N-dealkylation sites (N-methyl/N-ethyl adjacent to an activating group) is 1. The predicted molar refractivity (Wildman–Crippen MR) is 98.4 cm³/mol. The molecule has 0 atom stereocenters. The lowest BCUT2D eigenvalue weighted by atomic mass is 9.90. The molecule has 0 unspecified atom stereocenters. The standard InChI is InChI=1S/C20H21N3O3/c1-13-14(12-21)9-10-15-17(13)18(23-11-7-6-8-16(23)24)19(22(4)25-5)20(2,3)26-15/h6-11H,1-5H3. The Hall–Kier alpha value is -3.04. The van der Waals surface area contributed by atoms with Crippen LogP contribution in [0.2, 0.25) is 0 Å². The van der Waals surface area contributed by atoms with Gasteiger partial charge in [0.2, 0.25) is 0 Å². The van der Waals surface area contributed by atoms with Crippen molar-refractivity contribution in [2.75, 3.05) is 14.2 Å². The van der Waals surface area contributed by atoms with Gasteiger partial charge >= 0.3 is 0 Å². The normalized spacial score (nSPS) is 15.1. The lowest BCUT2D eigenvalue weighted by molar-refractivity contribution is -0.102. The Morgan fingerprint density at radius 1 is 1.27 bits per heavy atom. The number of hydrogen-bond acceptors (Lipinski definition) is 5. The molecular formula is C20H21N3O3. The zero-order valence-electron chi connectivity index (χ0n) is 15.5. The molecule has 2 heterocycles. The van der Waals surface area contributed by atoms with E-state index >= 15 is 0 Å². The summed E-state index contributed by atoms with van der Waals surface area (Å²) in [5.41, 5.74) is 2.44. The van der Waals surface area contributed by atoms with Gasteiger partial charge in [0.05, 0.1) is 24.4 Å². The van der Waals surface area contributed by atoms with Crippen LogP contribution in [0.4, 0.5) is 0 Å². The quantitative estimate of drug-likeness (QED) is 0.796. The second-order valence-corrected chi connectivity index (χ2v) is 6.62. The third-order valence-electron chi connectivity index (χ3n) is 4.60. The topological polar surface area (TPSA) is 67.5 Å². The highest BCUT2D eigenvalue weighted by Crippen LogP contribution is 2.44. The van der Waals surface area contributed by atoms with Gasteiger partial charge in [-0.05, 0) is 44.5 Å². The average molecular weight is 351 g/mol. The minimum Gasteiger partial charge on any atom is -0.481 e. The highest BCUT2D eigenvalue weighted by atomic mass is 16.7. The van der Waals surface area contributed by atoms with E-state index in [1.54, 1.807) is 54.3 Å². The summed E-state index contributed by atoms with van der Waals surface area (Å²) in [6.45, 7) is 5.70. The van der Waals surface area contributed by atoms with Crippen LogP contribution >= 0.6 is 0 Å². The molecule has 26 heavy (non-hydrogen) atoms. The van der Waals surface area contributed by atoms with E-state index in [2.05, 4.69) is 6.07 Å². The molecule has 0 fully saturated rings. The number of ether oxygens (including phenoxy) is 1. The van der Waals surface area contributed by atoms with Crippen molar-refractivity contribution in [3.8, 4) is 11.8 Å². The largest absolute Gasteiger partial charge is 0.481 e. The van der Waals surface area contributed by atoms with Crippen LogP contribution in [0, 0.1) is 18.3 Å². The summed E-state index contributed by atoms with van der Waals surface area (Å²) in [6.07, 6.45) is 1.71. The van der Waals surface area contributed by atoms with Gasteiger partial charge in [0.15, 0.2) is 0 Å². The number of nitriles is 1. The summed E-state index contributed by atoms with van der Waals surface area (Å²) in [6, 6.07) is 10.7. The van der Waals surface area contributed by atoms with Crippen LogP contribution in [-0.2, 0) is 4.84 Å².